The average Bonchev–Trinajstić information content (AvgIpc) is 2.89. The van der Waals surface area contributed by atoms with E-state index in [2.05, 4.69) is 15.2 Å². The molecule has 6 nitrogen and oxygen atoms in total. The van der Waals surface area contributed by atoms with Gasteiger partial charge in [0.25, 0.3) is 5.91 Å². The number of piperidine rings is 1. The van der Waals surface area contributed by atoms with Crippen LogP contribution in [0.5, 0.6) is 0 Å². The number of aromatic nitrogens is 3. The third-order valence-corrected chi connectivity index (χ3v) is 3.37. The number of ether oxygens (including phenoxy) is 1. The first kappa shape index (κ1) is 14.0. The molecule has 1 saturated heterocycles. The van der Waals surface area contributed by atoms with Crippen LogP contribution in [0.15, 0.2) is 0 Å². The third-order valence-electron chi connectivity index (χ3n) is 3.37. The summed E-state index contributed by atoms with van der Waals surface area (Å²) in [7, 11) is 0. The summed E-state index contributed by atoms with van der Waals surface area (Å²) in [6, 6.07) is 0. The molecule has 1 fully saturated rings. The zero-order valence-electron chi connectivity index (χ0n) is 11.8. The van der Waals surface area contributed by atoms with Gasteiger partial charge in [0.2, 0.25) is 5.82 Å². The minimum absolute atomic E-state index is 0.0851. The molecule has 19 heavy (non-hydrogen) atoms. The molecule has 0 aliphatic carbocycles. The molecule has 0 saturated carbocycles. The smallest absolute Gasteiger partial charge is 0.293 e. The third kappa shape index (κ3) is 3.32. The Hall–Kier alpha value is -1.43. The molecule has 2 rings (SSSR count). The highest BCUT2D eigenvalue weighted by atomic mass is 16.5. The molecule has 1 N–H and O–H groups in total. The van der Waals surface area contributed by atoms with E-state index < -0.39 is 0 Å². The molecule has 6 heteroatoms. The first-order valence-corrected chi connectivity index (χ1v) is 6.95. The molecule has 1 aliphatic rings. The van der Waals surface area contributed by atoms with E-state index in [1.807, 2.05) is 25.7 Å². The second-order valence-electron chi connectivity index (χ2n) is 5.15. The van der Waals surface area contributed by atoms with E-state index >= 15 is 0 Å². The van der Waals surface area contributed by atoms with Crippen molar-refractivity contribution in [2.45, 2.75) is 45.6 Å². The number of aromatic amines is 1. The van der Waals surface area contributed by atoms with Crippen molar-refractivity contribution in [3.05, 3.63) is 11.6 Å². The van der Waals surface area contributed by atoms with Gasteiger partial charge in [-0.05, 0) is 19.8 Å². The molecule has 0 bridgehead atoms. The number of carbonyl (C=O) groups excluding carboxylic acids is 1. The molecule has 1 aromatic heterocycles. The fourth-order valence-electron chi connectivity index (χ4n) is 2.23. The van der Waals surface area contributed by atoms with E-state index in [-0.39, 0.29) is 23.8 Å². The van der Waals surface area contributed by atoms with Crippen LogP contribution in [-0.4, -0.2) is 51.8 Å². The number of carbonyl (C=O) groups is 1. The van der Waals surface area contributed by atoms with E-state index in [4.69, 9.17) is 4.74 Å². The Kier molecular flexibility index (Phi) is 4.52. The molecule has 0 spiro atoms. The summed E-state index contributed by atoms with van der Waals surface area (Å²) in [6.45, 7) is 8.20. The van der Waals surface area contributed by atoms with Crippen molar-refractivity contribution < 1.29 is 9.53 Å². The minimum Gasteiger partial charge on any atom is -0.378 e. The maximum Gasteiger partial charge on any atom is 0.293 e. The van der Waals surface area contributed by atoms with Gasteiger partial charge < -0.3 is 9.64 Å². The van der Waals surface area contributed by atoms with E-state index in [9.17, 15) is 4.79 Å². The van der Waals surface area contributed by atoms with Gasteiger partial charge in [-0.15, -0.1) is 5.10 Å². The first-order chi connectivity index (χ1) is 9.11. The zero-order chi connectivity index (χ0) is 13.8. The van der Waals surface area contributed by atoms with Crippen LogP contribution in [0.1, 0.15) is 56.0 Å². The molecular weight excluding hydrogens is 244 g/mol. The minimum atomic E-state index is -0.0851. The quantitative estimate of drug-likeness (QED) is 0.898. The number of likely N-dealkylation sites (tertiary alicyclic amines) is 1. The highest BCUT2D eigenvalue weighted by Gasteiger charge is 2.26. The molecule has 1 aliphatic heterocycles. The van der Waals surface area contributed by atoms with Crippen molar-refractivity contribution in [3.63, 3.8) is 0 Å². The van der Waals surface area contributed by atoms with Crippen molar-refractivity contribution in [1.29, 1.82) is 0 Å². The van der Waals surface area contributed by atoms with E-state index in [1.165, 1.54) is 0 Å². The Morgan fingerprint density at radius 1 is 1.47 bits per heavy atom. The van der Waals surface area contributed by atoms with Crippen LogP contribution in [0, 0.1) is 0 Å². The summed E-state index contributed by atoms with van der Waals surface area (Å²) in [5, 5.41) is 6.83. The monoisotopic (exact) mass is 266 g/mol. The van der Waals surface area contributed by atoms with Gasteiger partial charge in [0, 0.05) is 25.6 Å². The predicted molar refractivity (Wildman–Crippen MR) is 71.0 cm³/mol. The highest BCUT2D eigenvalue weighted by molar-refractivity contribution is 5.90. The van der Waals surface area contributed by atoms with Crippen molar-refractivity contribution in [2.24, 2.45) is 0 Å². The van der Waals surface area contributed by atoms with Crippen LogP contribution in [0.25, 0.3) is 0 Å². The Morgan fingerprint density at radius 2 is 2.16 bits per heavy atom. The van der Waals surface area contributed by atoms with Crippen molar-refractivity contribution in [3.8, 4) is 0 Å². The maximum absolute atomic E-state index is 12.2. The predicted octanol–water partition coefficient (Wildman–Crippen LogP) is 1.57. The number of hydrogen-bond acceptors (Lipinski definition) is 4. The number of nitrogens with one attached hydrogen (secondary N) is 1. The highest BCUT2D eigenvalue weighted by Crippen LogP contribution is 2.16. The molecule has 1 aromatic rings. The lowest BCUT2D eigenvalue weighted by molar-refractivity contribution is 0.0142. The Balaban J connectivity index is 1.93. The van der Waals surface area contributed by atoms with Crippen LogP contribution in [0.2, 0.25) is 0 Å². The van der Waals surface area contributed by atoms with E-state index in [0.29, 0.717) is 0 Å². The Labute approximate surface area is 113 Å². The Bertz CT molecular complexity index is 422. The van der Waals surface area contributed by atoms with Crippen LogP contribution >= 0.6 is 0 Å². The number of H-pyrrole nitrogens is 1. The van der Waals surface area contributed by atoms with Crippen LogP contribution in [0.3, 0.4) is 0 Å². The lowest BCUT2D eigenvalue weighted by atomic mass is 10.1. The number of amides is 1. The van der Waals surface area contributed by atoms with Gasteiger partial charge in [-0.2, -0.15) is 0 Å². The summed E-state index contributed by atoms with van der Waals surface area (Å²) in [5.41, 5.74) is 0. The van der Waals surface area contributed by atoms with Gasteiger partial charge in [-0.1, -0.05) is 13.8 Å². The second-order valence-corrected chi connectivity index (χ2v) is 5.15. The molecule has 0 aromatic carbocycles. The van der Waals surface area contributed by atoms with Gasteiger partial charge >= 0.3 is 0 Å². The number of nitrogens with zero attached hydrogens (tertiary/aromatic N) is 3. The summed E-state index contributed by atoms with van der Waals surface area (Å²) in [5.74, 6) is 1.20. The van der Waals surface area contributed by atoms with Gasteiger partial charge in [-0.25, -0.2) is 4.98 Å². The van der Waals surface area contributed by atoms with E-state index in [0.717, 1.165) is 38.4 Å². The topological polar surface area (TPSA) is 71.1 Å². The molecule has 2 heterocycles. The number of rotatable bonds is 4. The molecule has 1 amide bonds. The SMILES string of the molecule is CCOC1CCN(C(=O)c2n[nH]c(C(C)C)n2)CC1. The number of hydrogen-bond donors (Lipinski definition) is 1. The fourth-order valence-corrected chi connectivity index (χ4v) is 2.23. The van der Waals surface area contributed by atoms with Crippen molar-refractivity contribution in [1.82, 2.24) is 20.1 Å². The van der Waals surface area contributed by atoms with Gasteiger partial charge in [0.15, 0.2) is 0 Å². The van der Waals surface area contributed by atoms with E-state index in [1.54, 1.807) is 0 Å². The van der Waals surface area contributed by atoms with Crippen LogP contribution in [-0.2, 0) is 4.74 Å². The lowest BCUT2D eigenvalue weighted by Gasteiger charge is -2.30. The molecule has 106 valence electrons. The normalized spacial score (nSPS) is 17.2. The lowest BCUT2D eigenvalue weighted by Crippen LogP contribution is -2.41. The van der Waals surface area contributed by atoms with Gasteiger partial charge in [0.1, 0.15) is 5.82 Å². The second kappa shape index (κ2) is 6.14. The average molecular weight is 266 g/mol. The fraction of sp³-hybridized carbons (Fsp3) is 0.769. The summed E-state index contributed by atoms with van der Waals surface area (Å²) >= 11 is 0. The zero-order valence-corrected chi connectivity index (χ0v) is 11.8. The van der Waals surface area contributed by atoms with Gasteiger partial charge in [0.05, 0.1) is 6.10 Å². The molecule has 0 radical (unpaired) electrons. The van der Waals surface area contributed by atoms with Crippen LogP contribution in [0.4, 0.5) is 0 Å². The van der Waals surface area contributed by atoms with Crippen LogP contribution < -0.4 is 0 Å². The van der Waals surface area contributed by atoms with Crippen molar-refractivity contribution >= 4 is 5.91 Å². The summed E-state index contributed by atoms with van der Waals surface area (Å²) < 4.78 is 5.58. The standard InChI is InChI=1S/C13H22N4O2/c1-4-19-10-5-7-17(8-6-10)13(18)12-14-11(9(2)3)15-16-12/h9-10H,4-8H2,1-3H3,(H,14,15,16). The summed E-state index contributed by atoms with van der Waals surface area (Å²) in [4.78, 5) is 18.3. The largest absolute Gasteiger partial charge is 0.378 e. The molecular formula is C13H22N4O2. The van der Waals surface area contributed by atoms with Gasteiger partial charge in [-0.3, -0.25) is 9.89 Å². The Morgan fingerprint density at radius 3 is 2.68 bits per heavy atom. The molecule has 0 unspecified atom stereocenters. The first-order valence-electron chi connectivity index (χ1n) is 6.95. The summed E-state index contributed by atoms with van der Waals surface area (Å²) in [6.07, 6.45) is 2.06. The van der Waals surface area contributed by atoms with Crippen molar-refractivity contribution in [2.75, 3.05) is 19.7 Å². The molecule has 0 atom stereocenters. The maximum atomic E-state index is 12.2.